The molecule has 2 aliphatic rings. The number of unbranched alkanes of at least 4 members (excludes halogenated alkanes) is 5. The summed E-state index contributed by atoms with van der Waals surface area (Å²) in [7, 11) is -4.99. The highest BCUT2D eigenvalue weighted by molar-refractivity contribution is 7.47. The largest absolute Gasteiger partial charge is 0.475 e. The highest BCUT2D eigenvalue weighted by Gasteiger charge is 2.40. The number of nitrogens with zero attached hydrogens (tertiary/aromatic N) is 2. The number of esters is 1. The van der Waals surface area contributed by atoms with Crippen LogP contribution in [-0.2, 0) is 58.3 Å². The summed E-state index contributed by atoms with van der Waals surface area (Å²) < 4.78 is 29.2. The van der Waals surface area contributed by atoms with Gasteiger partial charge in [-0.2, -0.15) is 4.58 Å². The second kappa shape index (κ2) is 29.7. The minimum absolute atomic E-state index is 0.00583. The molecule has 3 rings (SSSR count). The maximum Gasteiger partial charge on any atom is 0.475 e. The predicted octanol–water partition coefficient (Wildman–Crippen LogP) is 2.46. The number of Topliss-reactive ketones (excluding diaryl/α,β-unsaturated/α-hetero) is 2. The first kappa shape index (κ1) is 60.6. The molecule has 8 atom stereocenters. The molecule has 20 nitrogen and oxygen atoms in total. The van der Waals surface area contributed by atoms with Crippen LogP contribution in [0.25, 0.3) is 0 Å². The van der Waals surface area contributed by atoms with Crippen LogP contribution in [0.5, 0.6) is 0 Å². The van der Waals surface area contributed by atoms with Gasteiger partial charge in [-0.3, -0.25) is 38.1 Å². The molecule has 398 valence electrons. The molecule has 21 heteroatoms. The first-order valence-electron chi connectivity index (χ1n) is 24.9. The van der Waals surface area contributed by atoms with Gasteiger partial charge in [-0.1, -0.05) is 63.4 Å². The molecule has 0 spiro atoms. The average Bonchev–Trinajstić information content (AvgIpc) is 3.95. The number of phosphoric ester groups is 1. The summed E-state index contributed by atoms with van der Waals surface area (Å²) in [6.07, 6.45) is 9.52. The van der Waals surface area contributed by atoms with Crippen molar-refractivity contribution >= 4 is 55.3 Å². The molecule has 71 heavy (non-hydrogen) atoms. The summed E-state index contributed by atoms with van der Waals surface area (Å²) in [5, 5.41) is 25.7. The van der Waals surface area contributed by atoms with E-state index in [9.17, 15) is 53.2 Å². The van der Waals surface area contributed by atoms with E-state index in [1.54, 1.807) is 20.8 Å². The molecular weight excluding hydrogens is 940 g/mol. The quantitative estimate of drug-likeness (QED) is 0.0175. The SMILES string of the molecule is CC(=O)N1CCC[C@H]1C(=O)N[C@@H](CC(C)C)C(=O)C[C@@H](CC1=C[N+](CCO)=C[NH+]1CCCCCCCCc1ccccc1)C(=O)N[C@@H](CO)C(=O)C[C@H](C(N)=O)[C@@H](C)OP(=O)(O)OCOC(=O)C(C)(C)C. The lowest BCUT2D eigenvalue weighted by atomic mass is 9.89. The Morgan fingerprint density at radius 3 is 2.18 bits per heavy atom. The molecule has 0 radical (unpaired) electrons. The van der Waals surface area contributed by atoms with Gasteiger partial charge in [0, 0.05) is 32.7 Å². The lowest BCUT2D eigenvalue weighted by Crippen LogP contribution is -3.08. The number of nitrogens with two attached hydrogens (primary N) is 1. The summed E-state index contributed by atoms with van der Waals surface area (Å²) >= 11 is 0. The van der Waals surface area contributed by atoms with Gasteiger partial charge in [-0.15, -0.1) is 0 Å². The van der Waals surface area contributed by atoms with E-state index in [0.29, 0.717) is 25.9 Å². The Morgan fingerprint density at radius 2 is 1.58 bits per heavy atom. The molecule has 0 bridgehead atoms. The molecular formula is C50H81N6O14P+2. The van der Waals surface area contributed by atoms with E-state index >= 15 is 0 Å². The van der Waals surface area contributed by atoms with E-state index in [1.807, 2.05) is 49.2 Å². The number of likely N-dealkylation sites (tertiary alicyclic amines) is 1. The molecule has 4 amide bonds. The number of carbonyl (C=O) groups excluding carboxylic acids is 7. The zero-order chi connectivity index (χ0) is 52.9. The number of allylic oxidation sites excluding steroid dienone is 1. The number of primary amides is 1. The standard InChI is InChI=1S/C50H79N6O14P/c1-34(2)26-41(52-48(64)43-21-17-23-56(43)36(4)59)44(60)28-38(27-39-30-54(24-25-57)32-55(39)22-16-11-9-8-10-13-18-37-19-14-12-15-20-37)47(63)53-42(31-58)45(61)29-40(46(51)62)35(3)70-71(66,67)69-33-68-49(65)50(5,6)7/h12,14-15,19-20,30,32,34-35,38,40-43,57-58H,8-11,13,16-18,21-29,31,33H2,1-7H3,(H4-,51,52,53,62,63,64,66,67)/p+2/t35-,38-,40+,41+,42+,43+/m1/s1. The summed E-state index contributed by atoms with van der Waals surface area (Å²) in [6.45, 7) is 10.3. The normalized spacial score (nSPS) is 18.9. The number of quaternary nitrogens is 1. The molecule has 2 heterocycles. The number of nitrogens with one attached hydrogen (secondary N) is 3. The monoisotopic (exact) mass is 1020 g/mol. The van der Waals surface area contributed by atoms with Crippen LogP contribution in [-0.4, -0.2) is 136 Å². The van der Waals surface area contributed by atoms with Gasteiger partial charge in [0.1, 0.15) is 18.7 Å². The number of β-amino-alcohol motifs (C(OH)–C–C–N with tert-alkyl or cyclic N) is 1. The fourth-order valence-electron chi connectivity index (χ4n) is 8.64. The number of rotatable bonds is 33. The third kappa shape index (κ3) is 21.1. The van der Waals surface area contributed by atoms with E-state index in [4.69, 9.17) is 19.5 Å². The number of amides is 4. The van der Waals surface area contributed by atoms with Crippen LogP contribution in [0.1, 0.15) is 131 Å². The van der Waals surface area contributed by atoms with Crippen LogP contribution in [0.4, 0.5) is 0 Å². The number of carbonyl (C=O) groups is 7. The number of phosphoric acid groups is 1. The lowest BCUT2D eigenvalue weighted by Gasteiger charge is -2.27. The highest BCUT2D eigenvalue weighted by atomic mass is 31.2. The van der Waals surface area contributed by atoms with Crippen molar-refractivity contribution in [3.63, 3.8) is 0 Å². The molecule has 1 aromatic rings. The van der Waals surface area contributed by atoms with Crippen LogP contribution >= 0.6 is 7.82 Å². The number of ketones is 2. The molecule has 8 N–H and O–H groups in total. The Balaban J connectivity index is 1.82. The van der Waals surface area contributed by atoms with Gasteiger partial charge in [0.15, 0.2) is 23.8 Å². The van der Waals surface area contributed by atoms with E-state index in [0.717, 1.165) is 55.5 Å². The molecule has 1 aromatic carbocycles. The van der Waals surface area contributed by atoms with Gasteiger partial charge in [-0.05, 0) is 84.1 Å². The summed E-state index contributed by atoms with van der Waals surface area (Å²) in [5.74, 6) is -7.48. The molecule has 2 aliphatic heterocycles. The van der Waals surface area contributed by atoms with Crippen LogP contribution < -0.4 is 21.3 Å². The molecule has 0 aromatic heterocycles. The minimum atomic E-state index is -4.99. The average molecular weight is 1020 g/mol. The molecule has 1 saturated heterocycles. The summed E-state index contributed by atoms with van der Waals surface area (Å²) in [4.78, 5) is 106. The van der Waals surface area contributed by atoms with Crippen LogP contribution in [0.15, 0.2) is 42.2 Å². The van der Waals surface area contributed by atoms with Gasteiger partial charge in [0.05, 0.1) is 42.5 Å². The van der Waals surface area contributed by atoms with Crippen molar-refractivity contribution in [1.82, 2.24) is 15.5 Å². The first-order chi connectivity index (χ1) is 33.5. The van der Waals surface area contributed by atoms with Gasteiger partial charge in [-0.25, -0.2) is 14.0 Å². The third-order valence-electron chi connectivity index (χ3n) is 12.6. The van der Waals surface area contributed by atoms with Crippen LogP contribution in [0.2, 0.25) is 0 Å². The number of aliphatic hydroxyl groups excluding tert-OH is 2. The van der Waals surface area contributed by atoms with E-state index in [1.165, 1.54) is 24.3 Å². The Bertz CT molecular complexity index is 2060. The van der Waals surface area contributed by atoms with Gasteiger partial charge in [0.2, 0.25) is 36.6 Å². The summed E-state index contributed by atoms with van der Waals surface area (Å²) in [6, 6.07) is 6.97. The number of benzene rings is 1. The van der Waals surface area contributed by atoms with Crippen molar-refractivity contribution in [3.05, 3.63) is 47.8 Å². The molecule has 2 unspecified atom stereocenters. The maximum absolute atomic E-state index is 14.5. The Labute approximate surface area is 418 Å². The predicted molar refractivity (Wildman–Crippen MR) is 263 cm³/mol. The van der Waals surface area contributed by atoms with Crippen molar-refractivity contribution in [2.45, 2.75) is 156 Å². The van der Waals surface area contributed by atoms with Crippen molar-refractivity contribution < 1.29 is 76.5 Å². The van der Waals surface area contributed by atoms with Crippen molar-refractivity contribution in [3.8, 4) is 0 Å². The number of ether oxygens (including phenoxy) is 1. The fourth-order valence-corrected chi connectivity index (χ4v) is 9.45. The minimum Gasteiger partial charge on any atom is -0.437 e. The highest BCUT2D eigenvalue weighted by Crippen LogP contribution is 2.46. The van der Waals surface area contributed by atoms with Gasteiger partial charge < -0.3 is 41.1 Å². The Morgan fingerprint density at radius 1 is 0.930 bits per heavy atom. The van der Waals surface area contributed by atoms with Crippen molar-refractivity contribution in [1.29, 1.82) is 0 Å². The number of hydrogen-bond donors (Lipinski definition) is 7. The maximum atomic E-state index is 14.5. The van der Waals surface area contributed by atoms with Crippen molar-refractivity contribution in [2.75, 3.05) is 39.6 Å². The molecule has 1 fully saturated rings. The zero-order valence-electron chi connectivity index (χ0n) is 42.8. The van der Waals surface area contributed by atoms with E-state index in [2.05, 4.69) is 22.8 Å². The van der Waals surface area contributed by atoms with Crippen LogP contribution in [0.3, 0.4) is 0 Å². The van der Waals surface area contributed by atoms with Gasteiger partial charge in [0.25, 0.3) is 0 Å². The summed E-state index contributed by atoms with van der Waals surface area (Å²) in [5.41, 5.74) is 6.72. The topological polar surface area (TPSA) is 286 Å². The van der Waals surface area contributed by atoms with Gasteiger partial charge >= 0.3 is 20.1 Å². The second-order valence-corrected chi connectivity index (χ2v) is 21.5. The Kier molecular flexibility index (Phi) is 25.4. The zero-order valence-corrected chi connectivity index (χ0v) is 43.7. The second-order valence-electron chi connectivity index (χ2n) is 20.1. The van der Waals surface area contributed by atoms with E-state index in [-0.39, 0.29) is 37.8 Å². The van der Waals surface area contributed by atoms with Crippen LogP contribution in [0, 0.1) is 23.2 Å². The number of aliphatic hydroxyl groups is 2. The Hall–Kier alpha value is -4.69. The lowest BCUT2D eigenvalue weighted by molar-refractivity contribution is -0.766. The first-order valence-corrected chi connectivity index (χ1v) is 26.4. The number of aryl methyl sites for hydroxylation is 1. The fraction of sp³-hybridized carbons (Fsp3) is 0.680. The number of hydrogen-bond acceptors (Lipinski definition) is 13. The molecule has 0 saturated carbocycles. The van der Waals surface area contributed by atoms with Crippen molar-refractivity contribution in [2.24, 2.45) is 28.9 Å². The molecule has 0 aliphatic carbocycles. The smallest absolute Gasteiger partial charge is 0.437 e. The third-order valence-corrected chi connectivity index (χ3v) is 13.7. The van der Waals surface area contributed by atoms with E-state index < -0.39 is 111 Å².